The zero-order valence-electron chi connectivity index (χ0n) is 14.0. The SMILES string of the molecule is Cc1c(C(=O)N2CCC(c3cc(=O)[nH]c(=O)[nH]3)C2)oc2c(F)cccc12. The number of aryl methyl sites for hydroxylation is 1. The number of halogens is 1. The number of amides is 1. The van der Waals surface area contributed by atoms with Gasteiger partial charge in [0.1, 0.15) is 0 Å². The van der Waals surface area contributed by atoms with Crippen molar-refractivity contribution in [2.45, 2.75) is 19.3 Å². The number of aromatic amines is 2. The van der Waals surface area contributed by atoms with Crippen LogP contribution in [0.4, 0.5) is 4.39 Å². The van der Waals surface area contributed by atoms with Crippen molar-refractivity contribution in [2.75, 3.05) is 13.1 Å². The number of hydrogen-bond donors (Lipinski definition) is 2. The zero-order chi connectivity index (χ0) is 18.4. The molecule has 3 heterocycles. The van der Waals surface area contributed by atoms with E-state index in [1.807, 2.05) is 0 Å². The lowest BCUT2D eigenvalue weighted by Gasteiger charge is -2.15. The van der Waals surface area contributed by atoms with Crippen molar-refractivity contribution < 1.29 is 13.6 Å². The van der Waals surface area contributed by atoms with Crippen LogP contribution in [0.2, 0.25) is 0 Å². The number of benzene rings is 1. The van der Waals surface area contributed by atoms with E-state index >= 15 is 0 Å². The van der Waals surface area contributed by atoms with Crippen LogP contribution < -0.4 is 11.2 Å². The summed E-state index contributed by atoms with van der Waals surface area (Å²) >= 11 is 0. The largest absolute Gasteiger partial charge is 0.448 e. The number of fused-ring (bicyclic) bond motifs is 1. The number of likely N-dealkylation sites (tertiary alicyclic amines) is 1. The van der Waals surface area contributed by atoms with Gasteiger partial charge in [-0.3, -0.25) is 14.6 Å². The van der Waals surface area contributed by atoms with E-state index in [0.717, 1.165) is 0 Å². The van der Waals surface area contributed by atoms with Gasteiger partial charge in [0.2, 0.25) is 0 Å². The fourth-order valence-corrected chi connectivity index (χ4v) is 3.46. The summed E-state index contributed by atoms with van der Waals surface area (Å²) in [6, 6.07) is 5.90. The Morgan fingerprint density at radius 2 is 2.12 bits per heavy atom. The van der Waals surface area contributed by atoms with E-state index in [4.69, 9.17) is 4.42 Å². The second-order valence-corrected chi connectivity index (χ2v) is 6.45. The Labute approximate surface area is 146 Å². The number of aromatic nitrogens is 2. The topological polar surface area (TPSA) is 99.2 Å². The van der Waals surface area contributed by atoms with Crippen LogP contribution in [0.5, 0.6) is 0 Å². The van der Waals surface area contributed by atoms with Crippen molar-refractivity contribution in [3.63, 3.8) is 0 Å². The molecule has 1 aromatic carbocycles. The molecule has 1 aliphatic heterocycles. The first kappa shape index (κ1) is 16.3. The first-order valence-electron chi connectivity index (χ1n) is 8.24. The number of nitrogens with zero attached hydrogens (tertiary/aromatic N) is 1. The van der Waals surface area contributed by atoms with E-state index in [1.54, 1.807) is 24.0 Å². The maximum atomic E-state index is 13.9. The average molecular weight is 357 g/mol. The molecule has 1 atom stereocenters. The van der Waals surface area contributed by atoms with Gasteiger partial charge in [-0.15, -0.1) is 0 Å². The first-order chi connectivity index (χ1) is 12.4. The van der Waals surface area contributed by atoms with Gasteiger partial charge >= 0.3 is 5.69 Å². The monoisotopic (exact) mass is 357 g/mol. The molecule has 2 N–H and O–H groups in total. The third kappa shape index (κ3) is 2.63. The number of carbonyl (C=O) groups excluding carboxylic acids is 1. The Morgan fingerprint density at radius 3 is 2.85 bits per heavy atom. The number of furan rings is 1. The molecule has 0 radical (unpaired) electrons. The second kappa shape index (κ2) is 5.98. The van der Waals surface area contributed by atoms with E-state index < -0.39 is 17.1 Å². The molecule has 0 spiro atoms. The van der Waals surface area contributed by atoms with E-state index in [9.17, 15) is 18.8 Å². The predicted octanol–water partition coefficient (Wildman–Crippen LogP) is 1.89. The molecular weight excluding hydrogens is 341 g/mol. The van der Waals surface area contributed by atoms with Gasteiger partial charge < -0.3 is 14.3 Å². The van der Waals surface area contributed by atoms with Crippen LogP contribution in [-0.2, 0) is 0 Å². The molecule has 0 saturated carbocycles. The molecule has 8 heteroatoms. The Kier molecular flexibility index (Phi) is 3.75. The van der Waals surface area contributed by atoms with Gasteiger partial charge in [0.15, 0.2) is 17.2 Å². The van der Waals surface area contributed by atoms with E-state index in [2.05, 4.69) is 9.97 Å². The molecule has 0 aliphatic carbocycles. The normalized spacial score (nSPS) is 17.2. The molecule has 4 rings (SSSR count). The van der Waals surface area contributed by atoms with E-state index in [0.29, 0.717) is 36.2 Å². The van der Waals surface area contributed by atoms with Gasteiger partial charge in [-0.05, 0) is 19.4 Å². The fourth-order valence-electron chi connectivity index (χ4n) is 3.46. The molecule has 1 saturated heterocycles. The summed E-state index contributed by atoms with van der Waals surface area (Å²) in [6.07, 6.45) is 0.610. The van der Waals surface area contributed by atoms with Crippen LogP contribution in [-0.4, -0.2) is 33.9 Å². The van der Waals surface area contributed by atoms with E-state index in [1.165, 1.54) is 12.1 Å². The maximum Gasteiger partial charge on any atom is 0.325 e. The van der Waals surface area contributed by atoms with Crippen LogP contribution in [0.1, 0.15) is 34.2 Å². The minimum Gasteiger partial charge on any atom is -0.448 e. The van der Waals surface area contributed by atoms with Crippen molar-refractivity contribution >= 4 is 16.9 Å². The molecule has 134 valence electrons. The Balaban J connectivity index is 1.62. The minimum atomic E-state index is -0.569. The molecule has 1 fully saturated rings. The number of rotatable bonds is 2. The summed E-state index contributed by atoms with van der Waals surface area (Å²) in [5.74, 6) is -0.863. The van der Waals surface area contributed by atoms with Crippen LogP contribution in [0.15, 0.2) is 38.3 Å². The molecule has 2 aromatic heterocycles. The summed E-state index contributed by atoms with van der Waals surface area (Å²) in [5, 5.41) is 0.572. The van der Waals surface area contributed by atoms with Gasteiger partial charge in [-0.1, -0.05) is 12.1 Å². The second-order valence-electron chi connectivity index (χ2n) is 6.45. The van der Waals surface area contributed by atoms with Crippen molar-refractivity contribution in [3.05, 3.63) is 67.9 Å². The number of H-pyrrole nitrogens is 2. The van der Waals surface area contributed by atoms with Gasteiger partial charge in [-0.25, -0.2) is 9.18 Å². The third-order valence-corrected chi connectivity index (χ3v) is 4.81. The highest BCUT2D eigenvalue weighted by Gasteiger charge is 2.32. The molecule has 7 nitrogen and oxygen atoms in total. The first-order valence-corrected chi connectivity index (χ1v) is 8.24. The average Bonchev–Trinajstić information content (AvgIpc) is 3.20. The molecular formula is C18H16FN3O4. The molecule has 26 heavy (non-hydrogen) atoms. The number of hydrogen-bond acceptors (Lipinski definition) is 4. The third-order valence-electron chi connectivity index (χ3n) is 4.81. The van der Waals surface area contributed by atoms with Crippen molar-refractivity contribution in [1.82, 2.24) is 14.9 Å². The number of para-hydroxylation sites is 1. The van der Waals surface area contributed by atoms with Crippen LogP contribution in [0.3, 0.4) is 0 Å². The highest BCUT2D eigenvalue weighted by Crippen LogP contribution is 2.31. The number of nitrogens with one attached hydrogen (secondary N) is 2. The van der Waals surface area contributed by atoms with Crippen LogP contribution in [0.25, 0.3) is 11.0 Å². The number of carbonyl (C=O) groups is 1. The quantitative estimate of drug-likeness (QED) is 0.731. The molecule has 1 unspecified atom stereocenters. The summed E-state index contributed by atoms with van der Waals surface area (Å²) in [5.41, 5.74) is 0.125. The summed E-state index contributed by atoms with van der Waals surface area (Å²) in [7, 11) is 0. The van der Waals surface area contributed by atoms with Gasteiger partial charge in [-0.2, -0.15) is 0 Å². The summed E-state index contributed by atoms with van der Waals surface area (Å²) in [4.78, 5) is 42.1. The lowest BCUT2D eigenvalue weighted by atomic mass is 10.1. The fraction of sp³-hybridized carbons (Fsp3) is 0.278. The van der Waals surface area contributed by atoms with E-state index in [-0.39, 0.29) is 23.2 Å². The van der Waals surface area contributed by atoms with Crippen LogP contribution in [0, 0.1) is 12.7 Å². The highest BCUT2D eigenvalue weighted by molar-refractivity contribution is 5.99. The Morgan fingerprint density at radius 1 is 1.31 bits per heavy atom. The molecule has 1 amide bonds. The van der Waals surface area contributed by atoms with Crippen LogP contribution >= 0.6 is 0 Å². The summed E-state index contributed by atoms with van der Waals surface area (Å²) < 4.78 is 19.4. The standard InChI is InChI=1S/C18H16FN3O4/c1-9-11-3-2-4-12(19)16(11)26-15(9)17(24)22-6-5-10(8-22)13-7-14(23)21-18(25)20-13/h2-4,7,10H,5-6,8H2,1H3,(H2,20,21,23,25). The van der Waals surface area contributed by atoms with Gasteiger partial charge in [0, 0.05) is 41.7 Å². The lowest BCUT2D eigenvalue weighted by Crippen LogP contribution is -2.29. The zero-order valence-corrected chi connectivity index (χ0v) is 14.0. The van der Waals surface area contributed by atoms with Gasteiger partial charge in [0.25, 0.3) is 11.5 Å². The predicted molar refractivity (Wildman–Crippen MR) is 91.9 cm³/mol. The van der Waals surface area contributed by atoms with Crippen molar-refractivity contribution in [3.8, 4) is 0 Å². The summed E-state index contributed by atoms with van der Waals surface area (Å²) in [6.45, 7) is 2.52. The lowest BCUT2D eigenvalue weighted by molar-refractivity contribution is 0.0760. The highest BCUT2D eigenvalue weighted by atomic mass is 19.1. The van der Waals surface area contributed by atoms with Gasteiger partial charge in [0.05, 0.1) is 0 Å². The molecule has 0 bridgehead atoms. The minimum absolute atomic E-state index is 0.0722. The maximum absolute atomic E-state index is 13.9. The smallest absolute Gasteiger partial charge is 0.325 e. The molecule has 1 aliphatic rings. The van der Waals surface area contributed by atoms with Crippen molar-refractivity contribution in [1.29, 1.82) is 0 Å². The Hall–Kier alpha value is -3.16. The van der Waals surface area contributed by atoms with Crippen molar-refractivity contribution in [2.24, 2.45) is 0 Å². The molecule has 3 aromatic rings. The Bertz CT molecular complexity index is 1100.